The van der Waals surface area contributed by atoms with Gasteiger partial charge in [0.15, 0.2) is 0 Å². The van der Waals surface area contributed by atoms with E-state index in [0.29, 0.717) is 5.69 Å². The number of methoxy groups -OCH3 is 1. The monoisotopic (exact) mass is 323 g/mol. The number of ether oxygens (including phenoxy) is 1. The van der Waals surface area contributed by atoms with Crippen LogP contribution in [0.25, 0.3) is 11.3 Å². The van der Waals surface area contributed by atoms with Crippen LogP contribution in [0.1, 0.15) is 0 Å². The summed E-state index contributed by atoms with van der Waals surface area (Å²) in [6, 6.07) is 10.3. The molecule has 2 aromatic rings. The largest absolute Gasteiger partial charge is 0.497 e. The van der Waals surface area contributed by atoms with Gasteiger partial charge in [-0.1, -0.05) is 0 Å². The smallest absolute Gasteiger partial charge is 0.266 e. The Morgan fingerprint density at radius 2 is 1.86 bits per heavy atom. The Kier molecular flexibility index (Phi) is 4.94. The molecule has 1 aromatic carbocycles. The van der Waals surface area contributed by atoms with E-state index in [4.69, 9.17) is 4.74 Å². The first-order valence-corrected chi connectivity index (χ1v) is 8.45. The molecule has 1 heterocycles. The summed E-state index contributed by atoms with van der Waals surface area (Å²) in [6.07, 6.45) is 1.07. The highest BCUT2D eigenvalue weighted by molar-refractivity contribution is 7.88. The molecule has 0 saturated carbocycles. The van der Waals surface area contributed by atoms with Gasteiger partial charge in [0.2, 0.25) is 10.0 Å². The molecule has 0 fully saturated rings. The average Bonchev–Trinajstić information content (AvgIpc) is 2.48. The molecule has 0 atom stereocenters. The zero-order valence-corrected chi connectivity index (χ0v) is 13.1. The normalized spacial score (nSPS) is 11.4. The summed E-state index contributed by atoms with van der Waals surface area (Å²) in [5.74, 6) is 0.731. The lowest BCUT2D eigenvalue weighted by Gasteiger charge is -2.08. The second-order valence-electron chi connectivity index (χ2n) is 4.67. The first-order chi connectivity index (χ1) is 10.4. The van der Waals surface area contributed by atoms with Crippen LogP contribution < -0.4 is 15.0 Å². The average molecular weight is 323 g/mol. The fraction of sp³-hybridized carbons (Fsp3) is 0.286. The van der Waals surface area contributed by atoms with Gasteiger partial charge in [0.05, 0.1) is 25.6 Å². The lowest BCUT2D eigenvalue weighted by molar-refractivity contribution is 0.415. The molecule has 8 heteroatoms. The van der Waals surface area contributed by atoms with E-state index in [-0.39, 0.29) is 18.6 Å². The van der Waals surface area contributed by atoms with Gasteiger partial charge in [0, 0.05) is 18.2 Å². The second kappa shape index (κ2) is 6.71. The summed E-state index contributed by atoms with van der Waals surface area (Å²) in [4.78, 5) is 11.8. The molecule has 0 radical (unpaired) electrons. The Morgan fingerprint density at radius 3 is 2.45 bits per heavy atom. The predicted molar refractivity (Wildman–Crippen MR) is 83.3 cm³/mol. The fourth-order valence-corrected chi connectivity index (χ4v) is 2.32. The third-order valence-electron chi connectivity index (χ3n) is 2.94. The summed E-state index contributed by atoms with van der Waals surface area (Å²) in [6.45, 7) is 0.272. The molecule has 0 aliphatic heterocycles. The lowest BCUT2D eigenvalue weighted by Crippen LogP contribution is -2.31. The molecule has 0 bridgehead atoms. The Bertz CT molecular complexity index is 798. The van der Waals surface area contributed by atoms with Gasteiger partial charge in [-0.3, -0.25) is 4.79 Å². The molecule has 0 aliphatic carbocycles. The molecular weight excluding hydrogens is 306 g/mol. The van der Waals surface area contributed by atoms with E-state index in [1.807, 2.05) is 12.1 Å². The molecule has 118 valence electrons. The van der Waals surface area contributed by atoms with Crippen molar-refractivity contribution in [2.24, 2.45) is 0 Å². The minimum Gasteiger partial charge on any atom is -0.497 e. The maximum absolute atomic E-state index is 11.8. The number of sulfonamides is 1. The maximum atomic E-state index is 11.8. The van der Waals surface area contributed by atoms with Gasteiger partial charge in [-0.05, 0) is 30.3 Å². The zero-order chi connectivity index (χ0) is 16.2. The molecule has 0 unspecified atom stereocenters. The molecule has 2 rings (SSSR count). The SMILES string of the molecule is COc1ccc(-c2ccc(=O)n(CCNS(C)(=O)=O)n2)cc1. The maximum Gasteiger partial charge on any atom is 0.266 e. The van der Waals surface area contributed by atoms with E-state index >= 15 is 0 Å². The number of rotatable bonds is 6. The van der Waals surface area contributed by atoms with Gasteiger partial charge in [-0.2, -0.15) is 5.10 Å². The predicted octanol–water partition coefficient (Wildman–Crippen LogP) is 0.468. The number of hydrogen-bond acceptors (Lipinski definition) is 5. The lowest BCUT2D eigenvalue weighted by atomic mass is 10.1. The van der Waals surface area contributed by atoms with E-state index in [1.54, 1.807) is 25.3 Å². The molecular formula is C14H17N3O4S. The Morgan fingerprint density at radius 1 is 1.18 bits per heavy atom. The van der Waals surface area contributed by atoms with E-state index in [9.17, 15) is 13.2 Å². The minimum absolute atomic E-state index is 0.109. The van der Waals surface area contributed by atoms with Crippen molar-refractivity contribution >= 4 is 10.0 Å². The van der Waals surface area contributed by atoms with Gasteiger partial charge < -0.3 is 4.74 Å². The van der Waals surface area contributed by atoms with E-state index < -0.39 is 10.0 Å². The van der Waals surface area contributed by atoms with E-state index in [1.165, 1.54) is 10.7 Å². The first-order valence-electron chi connectivity index (χ1n) is 6.56. The molecule has 0 spiro atoms. The molecule has 0 saturated heterocycles. The quantitative estimate of drug-likeness (QED) is 0.834. The van der Waals surface area contributed by atoms with Gasteiger partial charge in [-0.25, -0.2) is 17.8 Å². The Balaban J connectivity index is 2.20. The molecule has 0 amide bonds. The molecule has 0 aliphatic rings. The zero-order valence-electron chi connectivity index (χ0n) is 12.3. The number of nitrogens with zero attached hydrogens (tertiary/aromatic N) is 2. The van der Waals surface area contributed by atoms with Crippen molar-refractivity contribution in [3.63, 3.8) is 0 Å². The molecule has 1 aromatic heterocycles. The van der Waals surface area contributed by atoms with Crippen molar-refractivity contribution in [3.05, 3.63) is 46.8 Å². The Labute approximate surface area is 128 Å². The van der Waals surface area contributed by atoms with Crippen molar-refractivity contribution in [2.75, 3.05) is 19.9 Å². The molecule has 22 heavy (non-hydrogen) atoms. The number of benzene rings is 1. The summed E-state index contributed by atoms with van der Waals surface area (Å²) < 4.78 is 30.7. The number of hydrogen-bond donors (Lipinski definition) is 1. The van der Waals surface area contributed by atoms with Crippen LogP contribution in [0.5, 0.6) is 5.75 Å². The van der Waals surface area contributed by atoms with Crippen LogP contribution in [0.2, 0.25) is 0 Å². The van der Waals surface area contributed by atoms with Crippen LogP contribution in [0, 0.1) is 0 Å². The van der Waals surface area contributed by atoms with Gasteiger partial charge in [0.25, 0.3) is 5.56 Å². The van der Waals surface area contributed by atoms with Crippen LogP contribution in [-0.2, 0) is 16.6 Å². The first kappa shape index (κ1) is 16.2. The van der Waals surface area contributed by atoms with Gasteiger partial charge in [0.1, 0.15) is 5.75 Å². The van der Waals surface area contributed by atoms with Crippen molar-refractivity contribution < 1.29 is 13.2 Å². The third kappa shape index (κ3) is 4.40. The third-order valence-corrected chi connectivity index (χ3v) is 3.67. The highest BCUT2D eigenvalue weighted by Crippen LogP contribution is 2.19. The van der Waals surface area contributed by atoms with Crippen molar-refractivity contribution in [3.8, 4) is 17.0 Å². The van der Waals surface area contributed by atoms with E-state index in [0.717, 1.165) is 17.6 Å². The fourth-order valence-electron chi connectivity index (χ4n) is 1.86. The summed E-state index contributed by atoms with van der Waals surface area (Å²) >= 11 is 0. The number of aromatic nitrogens is 2. The van der Waals surface area contributed by atoms with Crippen LogP contribution in [0.3, 0.4) is 0 Å². The van der Waals surface area contributed by atoms with E-state index in [2.05, 4.69) is 9.82 Å². The highest BCUT2D eigenvalue weighted by atomic mass is 32.2. The minimum atomic E-state index is -3.28. The van der Waals surface area contributed by atoms with Crippen molar-refractivity contribution in [1.82, 2.24) is 14.5 Å². The van der Waals surface area contributed by atoms with Crippen LogP contribution in [0.15, 0.2) is 41.2 Å². The van der Waals surface area contributed by atoms with Gasteiger partial charge >= 0.3 is 0 Å². The van der Waals surface area contributed by atoms with Gasteiger partial charge in [-0.15, -0.1) is 0 Å². The summed E-state index contributed by atoms with van der Waals surface area (Å²) in [7, 11) is -1.70. The van der Waals surface area contributed by atoms with Crippen LogP contribution >= 0.6 is 0 Å². The highest BCUT2D eigenvalue weighted by Gasteiger charge is 2.05. The summed E-state index contributed by atoms with van der Waals surface area (Å²) in [5.41, 5.74) is 1.18. The van der Waals surface area contributed by atoms with Crippen molar-refractivity contribution in [2.45, 2.75) is 6.54 Å². The van der Waals surface area contributed by atoms with Crippen LogP contribution in [0.4, 0.5) is 0 Å². The van der Waals surface area contributed by atoms with Crippen LogP contribution in [-0.4, -0.2) is 38.1 Å². The standard InChI is InChI=1S/C14H17N3O4S/c1-21-12-5-3-11(4-6-12)13-7-8-14(18)17(16-13)10-9-15-22(2,19)20/h3-8,15H,9-10H2,1-2H3. The second-order valence-corrected chi connectivity index (χ2v) is 6.51. The molecule has 1 N–H and O–H groups in total. The topological polar surface area (TPSA) is 90.3 Å². The Hall–Kier alpha value is -2.19. The summed E-state index contributed by atoms with van der Waals surface area (Å²) in [5, 5.41) is 4.25. The van der Waals surface area contributed by atoms with Crippen molar-refractivity contribution in [1.29, 1.82) is 0 Å². The number of nitrogens with one attached hydrogen (secondary N) is 1. The molecule has 7 nitrogen and oxygen atoms in total.